The van der Waals surface area contributed by atoms with Gasteiger partial charge in [0.25, 0.3) is 0 Å². The third-order valence-electron chi connectivity index (χ3n) is 3.13. The maximum absolute atomic E-state index is 4.40. The first-order chi connectivity index (χ1) is 8.24. The van der Waals surface area contributed by atoms with E-state index >= 15 is 0 Å². The molecule has 1 atom stereocenters. The summed E-state index contributed by atoms with van der Waals surface area (Å²) in [4.78, 5) is 0. The molecule has 1 unspecified atom stereocenters. The highest BCUT2D eigenvalue weighted by Crippen LogP contribution is 2.46. The first kappa shape index (κ1) is 13.3. The number of hydrogen-bond donors (Lipinski definition) is 1. The molecule has 1 N–H and O–H groups in total. The average Bonchev–Trinajstić information content (AvgIpc) is 2.94. The standard InChI is InChI=1S/C12H21N3S2/c1-3-13-8-4-6-10-14-15-11(17-10)12(2)7-5-9-16-12/h13H,3-9H2,1-2H3. The molecule has 2 heterocycles. The lowest BCUT2D eigenvalue weighted by Gasteiger charge is -2.17. The van der Waals surface area contributed by atoms with Gasteiger partial charge in [0.15, 0.2) is 0 Å². The summed E-state index contributed by atoms with van der Waals surface area (Å²) in [6.45, 7) is 6.59. The summed E-state index contributed by atoms with van der Waals surface area (Å²) in [5.74, 6) is 1.27. The van der Waals surface area contributed by atoms with Crippen molar-refractivity contribution in [2.75, 3.05) is 18.8 Å². The minimum atomic E-state index is 0.248. The van der Waals surface area contributed by atoms with E-state index in [9.17, 15) is 0 Å². The Labute approximate surface area is 112 Å². The molecule has 1 fully saturated rings. The van der Waals surface area contributed by atoms with Crippen LogP contribution in [0.1, 0.15) is 43.1 Å². The van der Waals surface area contributed by atoms with Crippen molar-refractivity contribution in [2.45, 2.75) is 44.3 Å². The van der Waals surface area contributed by atoms with Crippen molar-refractivity contribution in [1.82, 2.24) is 15.5 Å². The molecule has 1 aromatic rings. The maximum atomic E-state index is 4.40. The van der Waals surface area contributed by atoms with Gasteiger partial charge < -0.3 is 5.32 Å². The highest BCUT2D eigenvalue weighted by Gasteiger charge is 2.34. The molecule has 0 aromatic carbocycles. The molecule has 1 aliphatic rings. The van der Waals surface area contributed by atoms with Gasteiger partial charge in [-0.15, -0.1) is 33.3 Å². The van der Waals surface area contributed by atoms with Gasteiger partial charge in [0.2, 0.25) is 0 Å². The van der Waals surface area contributed by atoms with Crippen molar-refractivity contribution < 1.29 is 0 Å². The quantitative estimate of drug-likeness (QED) is 0.807. The molecular weight excluding hydrogens is 250 g/mol. The van der Waals surface area contributed by atoms with Crippen LogP contribution in [0.3, 0.4) is 0 Å². The molecule has 1 aromatic heterocycles. The molecule has 0 radical (unpaired) electrons. The summed E-state index contributed by atoms with van der Waals surface area (Å²) in [5, 5.41) is 14.5. The van der Waals surface area contributed by atoms with Crippen molar-refractivity contribution >= 4 is 23.1 Å². The predicted molar refractivity (Wildman–Crippen MR) is 75.8 cm³/mol. The Morgan fingerprint density at radius 2 is 2.29 bits per heavy atom. The van der Waals surface area contributed by atoms with Crippen LogP contribution in [-0.2, 0) is 11.2 Å². The van der Waals surface area contributed by atoms with Crippen molar-refractivity contribution in [3.8, 4) is 0 Å². The second-order valence-corrected chi connectivity index (χ2v) is 7.30. The van der Waals surface area contributed by atoms with Crippen LogP contribution in [0, 0.1) is 0 Å². The van der Waals surface area contributed by atoms with Crippen LogP contribution in [-0.4, -0.2) is 29.0 Å². The Kier molecular flexibility index (Phi) is 4.82. The van der Waals surface area contributed by atoms with Gasteiger partial charge in [0, 0.05) is 6.42 Å². The molecule has 1 aliphatic heterocycles. The van der Waals surface area contributed by atoms with E-state index in [-0.39, 0.29) is 4.75 Å². The Balaban J connectivity index is 1.87. The molecule has 0 spiro atoms. The second kappa shape index (κ2) is 6.16. The average molecular weight is 271 g/mol. The van der Waals surface area contributed by atoms with E-state index < -0.39 is 0 Å². The molecule has 3 nitrogen and oxygen atoms in total. The smallest absolute Gasteiger partial charge is 0.133 e. The van der Waals surface area contributed by atoms with E-state index in [0.29, 0.717) is 0 Å². The van der Waals surface area contributed by atoms with Crippen molar-refractivity contribution in [3.05, 3.63) is 10.0 Å². The van der Waals surface area contributed by atoms with Crippen molar-refractivity contribution in [3.63, 3.8) is 0 Å². The number of nitrogens with one attached hydrogen (secondary N) is 1. The molecule has 17 heavy (non-hydrogen) atoms. The number of nitrogens with zero attached hydrogens (tertiary/aromatic N) is 2. The third kappa shape index (κ3) is 3.42. The van der Waals surface area contributed by atoms with E-state index in [0.717, 1.165) is 25.9 Å². The van der Waals surface area contributed by atoms with Crippen LogP contribution in [0.4, 0.5) is 0 Å². The van der Waals surface area contributed by atoms with E-state index in [2.05, 4.69) is 29.4 Å². The molecule has 0 aliphatic carbocycles. The Morgan fingerprint density at radius 3 is 3.00 bits per heavy atom. The van der Waals surface area contributed by atoms with Crippen LogP contribution in [0.5, 0.6) is 0 Å². The number of thioether (sulfide) groups is 1. The number of hydrogen-bond acceptors (Lipinski definition) is 5. The summed E-state index contributed by atoms with van der Waals surface area (Å²) < 4.78 is 0.248. The fourth-order valence-electron chi connectivity index (χ4n) is 2.06. The highest BCUT2D eigenvalue weighted by molar-refractivity contribution is 8.00. The topological polar surface area (TPSA) is 37.8 Å². The Hall–Kier alpha value is -0.130. The predicted octanol–water partition coefficient (Wildman–Crippen LogP) is 2.82. The van der Waals surface area contributed by atoms with Gasteiger partial charge in [0.05, 0.1) is 4.75 Å². The third-order valence-corrected chi connectivity index (χ3v) is 6.04. The zero-order chi connectivity index (χ0) is 12.1. The molecule has 0 amide bonds. The maximum Gasteiger partial charge on any atom is 0.133 e. The number of rotatable bonds is 6. The Bertz CT molecular complexity index is 345. The van der Waals surface area contributed by atoms with E-state index in [4.69, 9.17) is 0 Å². The molecule has 96 valence electrons. The van der Waals surface area contributed by atoms with E-state index in [1.807, 2.05) is 23.1 Å². The SMILES string of the molecule is CCNCCCc1nnc(C2(C)CCCS2)s1. The molecular formula is C12H21N3S2. The van der Waals surface area contributed by atoms with Gasteiger partial charge in [-0.3, -0.25) is 0 Å². The monoisotopic (exact) mass is 271 g/mol. The van der Waals surface area contributed by atoms with Crippen LogP contribution in [0.15, 0.2) is 0 Å². The Morgan fingerprint density at radius 1 is 1.41 bits per heavy atom. The fraction of sp³-hybridized carbons (Fsp3) is 0.833. The van der Waals surface area contributed by atoms with Gasteiger partial charge in [-0.25, -0.2) is 0 Å². The molecule has 2 rings (SSSR count). The summed E-state index contributed by atoms with van der Waals surface area (Å²) in [5.41, 5.74) is 0. The zero-order valence-electron chi connectivity index (χ0n) is 10.7. The molecule has 0 bridgehead atoms. The lowest BCUT2D eigenvalue weighted by Crippen LogP contribution is -2.14. The normalized spacial score (nSPS) is 24.4. The zero-order valence-corrected chi connectivity index (χ0v) is 12.3. The highest BCUT2D eigenvalue weighted by atomic mass is 32.2. The molecule has 5 heteroatoms. The molecule has 1 saturated heterocycles. The lowest BCUT2D eigenvalue weighted by molar-refractivity contribution is 0.632. The van der Waals surface area contributed by atoms with Gasteiger partial charge in [-0.1, -0.05) is 6.92 Å². The number of aromatic nitrogens is 2. The largest absolute Gasteiger partial charge is 0.317 e. The van der Waals surface area contributed by atoms with Crippen LogP contribution in [0.2, 0.25) is 0 Å². The van der Waals surface area contributed by atoms with E-state index in [1.165, 1.54) is 28.6 Å². The van der Waals surface area contributed by atoms with Crippen LogP contribution < -0.4 is 5.32 Å². The van der Waals surface area contributed by atoms with Gasteiger partial charge >= 0.3 is 0 Å². The van der Waals surface area contributed by atoms with Gasteiger partial charge in [0.1, 0.15) is 10.0 Å². The van der Waals surface area contributed by atoms with Crippen LogP contribution >= 0.6 is 23.1 Å². The minimum absolute atomic E-state index is 0.248. The first-order valence-corrected chi connectivity index (χ1v) is 8.22. The first-order valence-electron chi connectivity index (χ1n) is 6.42. The lowest BCUT2D eigenvalue weighted by atomic mass is 10.1. The van der Waals surface area contributed by atoms with E-state index in [1.54, 1.807) is 0 Å². The number of aryl methyl sites for hydroxylation is 1. The van der Waals surface area contributed by atoms with Crippen LogP contribution in [0.25, 0.3) is 0 Å². The minimum Gasteiger partial charge on any atom is -0.317 e. The van der Waals surface area contributed by atoms with Gasteiger partial charge in [-0.05, 0) is 45.0 Å². The second-order valence-electron chi connectivity index (χ2n) is 4.64. The van der Waals surface area contributed by atoms with Gasteiger partial charge in [-0.2, -0.15) is 0 Å². The summed E-state index contributed by atoms with van der Waals surface area (Å²) in [6.07, 6.45) is 4.79. The van der Waals surface area contributed by atoms with Crippen molar-refractivity contribution in [2.24, 2.45) is 0 Å². The summed E-state index contributed by atoms with van der Waals surface area (Å²) in [7, 11) is 0. The fourth-order valence-corrected chi connectivity index (χ4v) is 4.50. The summed E-state index contributed by atoms with van der Waals surface area (Å²) >= 11 is 3.85. The van der Waals surface area contributed by atoms with Crippen molar-refractivity contribution in [1.29, 1.82) is 0 Å². The molecule has 0 saturated carbocycles. The summed E-state index contributed by atoms with van der Waals surface area (Å²) in [6, 6.07) is 0.